The molecule has 0 bridgehead atoms. The minimum Gasteiger partial charge on any atom is -0.356 e. The topological polar surface area (TPSA) is 149 Å². The number of carbonyl (C=O) groups is 3. The molecule has 0 aromatic carbocycles. The van der Waals surface area contributed by atoms with Gasteiger partial charge in [0.05, 0.1) is 12.1 Å². The van der Waals surface area contributed by atoms with Crippen molar-refractivity contribution in [3.05, 3.63) is 0 Å². The van der Waals surface area contributed by atoms with Gasteiger partial charge in [0.1, 0.15) is 6.04 Å². The molecular weight excluding hydrogens is 382 g/mol. The summed E-state index contributed by atoms with van der Waals surface area (Å²) in [5.74, 6) is -1.85. The molecule has 1 saturated heterocycles. The van der Waals surface area contributed by atoms with Crippen molar-refractivity contribution in [1.29, 1.82) is 10.5 Å². The molecule has 0 aromatic heterocycles. The molecule has 3 atom stereocenters. The second-order valence-corrected chi connectivity index (χ2v) is 9.92. The van der Waals surface area contributed by atoms with Crippen LogP contribution in [0.3, 0.4) is 0 Å². The molecule has 1 saturated carbocycles. The summed E-state index contributed by atoms with van der Waals surface area (Å²) in [6, 6.07) is 3.38. The molecule has 4 N–H and O–H groups in total. The quantitative estimate of drug-likeness (QED) is 0.537. The smallest absolute Gasteiger partial charge is 0.248 e. The Morgan fingerprint density at radius 2 is 1.83 bits per heavy atom. The number of nitrogens with one attached hydrogen (secondary N) is 2. The van der Waals surface area contributed by atoms with Gasteiger partial charge < -0.3 is 16.4 Å². The maximum absolute atomic E-state index is 13.4. The maximum atomic E-state index is 13.4. The summed E-state index contributed by atoms with van der Waals surface area (Å²) < 4.78 is 0. The van der Waals surface area contributed by atoms with Crippen LogP contribution >= 0.6 is 0 Å². The van der Waals surface area contributed by atoms with Gasteiger partial charge in [-0.15, -0.1) is 0 Å². The summed E-state index contributed by atoms with van der Waals surface area (Å²) in [7, 11) is 0. The molecule has 30 heavy (non-hydrogen) atoms. The number of nitrogens with zero attached hydrogens (tertiary/aromatic N) is 2. The Morgan fingerprint density at radius 1 is 1.20 bits per heavy atom. The van der Waals surface area contributed by atoms with E-state index in [0.717, 1.165) is 0 Å². The van der Waals surface area contributed by atoms with Crippen molar-refractivity contribution in [2.75, 3.05) is 6.54 Å². The Kier molecular flexibility index (Phi) is 7.60. The molecule has 1 aliphatic carbocycles. The first-order valence-electron chi connectivity index (χ1n) is 10.7. The van der Waals surface area contributed by atoms with Gasteiger partial charge in [0.2, 0.25) is 11.8 Å². The largest absolute Gasteiger partial charge is 0.356 e. The van der Waals surface area contributed by atoms with Gasteiger partial charge in [-0.1, -0.05) is 20.8 Å². The normalized spacial score (nSPS) is 27.1. The third-order valence-electron chi connectivity index (χ3n) is 6.08. The first kappa shape index (κ1) is 23.8. The average molecular weight is 416 g/mol. The van der Waals surface area contributed by atoms with E-state index in [1.165, 1.54) is 0 Å². The van der Waals surface area contributed by atoms with Crippen LogP contribution in [0.2, 0.25) is 0 Å². The van der Waals surface area contributed by atoms with Gasteiger partial charge in [0, 0.05) is 24.3 Å². The molecule has 2 rings (SSSR count). The van der Waals surface area contributed by atoms with E-state index in [-0.39, 0.29) is 47.7 Å². The van der Waals surface area contributed by atoms with E-state index in [1.807, 2.05) is 26.8 Å². The first-order valence-corrected chi connectivity index (χ1v) is 10.7. The first-order chi connectivity index (χ1) is 14.0. The Labute approximate surface area is 178 Å². The molecule has 1 aliphatic heterocycles. The van der Waals surface area contributed by atoms with Crippen LogP contribution in [0.5, 0.6) is 0 Å². The van der Waals surface area contributed by atoms with Crippen molar-refractivity contribution in [1.82, 2.24) is 10.6 Å². The lowest BCUT2D eigenvalue weighted by Gasteiger charge is -2.37. The number of hydrogen-bond donors (Lipinski definition) is 3. The maximum Gasteiger partial charge on any atom is 0.248 e. The summed E-state index contributed by atoms with van der Waals surface area (Å²) in [4.78, 5) is 38.4. The minimum absolute atomic E-state index is 0.0572. The van der Waals surface area contributed by atoms with Gasteiger partial charge in [-0.2, -0.15) is 10.5 Å². The average Bonchev–Trinajstić information content (AvgIpc) is 3.09. The molecular formula is C22H33N5O3. The summed E-state index contributed by atoms with van der Waals surface area (Å²) in [5, 5.41) is 24.0. The van der Waals surface area contributed by atoms with E-state index in [9.17, 15) is 19.6 Å². The van der Waals surface area contributed by atoms with Gasteiger partial charge in [0.25, 0.3) is 0 Å². The van der Waals surface area contributed by atoms with Crippen LogP contribution in [-0.4, -0.2) is 35.7 Å². The number of carbonyl (C=O) groups excluding carboxylic acids is 3. The summed E-state index contributed by atoms with van der Waals surface area (Å²) in [6.45, 7) is 6.29. The molecule has 0 unspecified atom stereocenters. The van der Waals surface area contributed by atoms with Crippen molar-refractivity contribution >= 4 is 17.6 Å². The third kappa shape index (κ3) is 5.79. The van der Waals surface area contributed by atoms with Crippen molar-refractivity contribution in [3.63, 3.8) is 0 Å². The fourth-order valence-electron chi connectivity index (χ4n) is 4.55. The van der Waals surface area contributed by atoms with Crippen LogP contribution in [0.1, 0.15) is 65.7 Å². The highest BCUT2D eigenvalue weighted by molar-refractivity contribution is 6.11. The Bertz CT molecular complexity index is 752. The van der Waals surface area contributed by atoms with E-state index in [0.29, 0.717) is 38.6 Å². The number of Topliss-reactive ketones (excluding diaryl/α,β-unsaturated/α-hetero) is 1. The fraction of sp³-hybridized carbons (Fsp3) is 0.773. The van der Waals surface area contributed by atoms with Crippen molar-refractivity contribution in [2.45, 2.75) is 77.3 Å². The van der Waals surface area contributed by atoms with E-state index in [1.54, 1.807) is 0 Å². The molecule has 164 valence electrons. The number of hydrogen-bond acceptors (Lipinski definition) is 6. The van der Waals surface area contributed by atoms with Crippen LogP contribution in [-0.2, 0) is 14.4 Å². The van der Waals surface area contributed by atoms with Gasteiger partial charge in [-0.25, -0.2) is 0 Å². The van der Waals surface area contributed by atoms with Crippen LogP contribution in [0.4, 0.5) is 0 Å². The molecule has 8 heteroatoms. The second kappa shape index (κ2) is 9.57. The van der Waals surface area contributed by atoms with Crippen LogP contribution < -0.4 is 16.4 Å². The van der Waals surface area contributed by atoms with Crippen LogP contribution in [0.25, 0.3) is 0 Å². The van der Waals surface area contributed by atoms with E-state index >= 15 is 0 Å². The highest BCUT2D eigenvalue weighted by Crippen LogP contribution is 2.35. The molecule has 2 fully saturated rings. The lowest BCUT2D eigenvalue weighted by atomic mass is 9.70. The van der Waals surface area contributed by atoms with Crippen LogP contribution in [0, 0.1) is 45.8 Å². The molecule has 0 radical (unpaired) electrons. The summed E-state index contributed by atoms with van der Waals surface area (Å²) in [6.07, 6.45) is 3.28. The molecule has 2 amide bonds. The number of ketones is 1. The third-order valence-corrected chi connectivity index (χ3v) is 6.08. The van der Waals surface area contributed by atoms with Crippen LogP contribution in [0.15, 0.2) is 0 Å². The van der Waals surface area contributed by atoms with E-state index < -0.39 is 17.5 Å². The van der Waals surface area contributed by atoms with Gasteiger partial charge in [-0.3, -0.25) is 14.4 Å². The van der Waals surface area contributed by atoms with Crippen molar-refractivity contribution in [3.8, 4) is 12.1 Å². The zero-order valence-corrected chi connectivity index (χ0v) is 18.2. The lowest BCUT2D eigenvalue weighted by Crippen LogP contribution is -2.64. The number of nitrogens with two attached hydrogens (primary N) is 1. The minimum atomic E-state index is -1.75. The Morgan fingerprint density at radius 3 is 2.30 bits per heavy atom. The van der Waals surface area contributed by atoms with E-state index in [2.05, 4.69) is 16.7 Å². The fourth-order valence-corrected chi connectivity index (χ4v) is 4.55. The Hall–Kier alpha value is -2.45. The second-order valence-electron chi connectivity index (χ2n) is 9.92. The number of nitriles is 2. The Balaban J connectivity index is 2.16. The predicted octanol–water partition coefficient (Wildman–Crippen LogP) is 1.55. The SMILES string of the molecule is CC(C)(C)C[C@](N)(C(=O)N[C@@H](C#N)C[C@@H]1CCNC1=O)C(=O)C1CCC(C#N)CC1. The van der Waals surface area contributed by atoms with Gasteiger partial charge >= 0.3 is 0 Å². The lowest BCUT2D eigenvalue weighted by molar-refractivity contribution is -0.141. The highest BCUT2D eigenvalue weighted by atomic mass is 16.2. The molecule has 1 heterocycles. The molecule has 8 nitrogen and oxygen atoms in total. The predicted molar refractivity (Wildman–Crippen MR) is 110 cm³/mol. The summed E-state index contributed by atoms with van der Waals surface area (Å²) >= 11 is 0. The zero-order valence-electron chi connectivity index (χ0n) is 18.2. The van der Waals surface area contributed by atoms with Gasteiger partial charge in [-0.05, 0) is 50.4 Å². The molecule has 2 aliphatic rings. The van der Waals surface area contributed by atoms with E-state index in [4.69, 9.17) is 11.0 Å². The molecule has 0 aromatic rings. The van der Waals surface area contributed by atoms with Gasteiger partial charge in [0.15, 0.2) is 11.3 Å². The zero-order chi connectivity index (χ0) is 22.5. The van der Waals surface area contributed by atoms with Crippen molar-refractivity contribution < 1.29 is 14.4 Å². The molecule has 0 spiro atoms. The monoisotopic (exact) mass is 415 g/mol. The highest BCUT2D eigenvalue weighted by Gasteiger charge is 2.48. The standard InChI is InChI=1S/C22H33N5O3/c1-21(2,3)13-22(25,18(28)15-6-4-14(11-23)5-7-15)20(30)27-17(12-24)10-16-8-9-26-19(16)29/h14-17H,4-10,13,25H2,1-3H3,(H,26,29)(H,27,30)/t14?,15?,16-,17+,22+/m0/s1. The van der Waals surface area contributed by atoms with Crippen molar-refractivity contribution in [2.24, 2.45) is 28.9 Å². The summed E-state index contributed by atoms with van der Waals surface area (Å²) in [5.41, 5.74) is 4.35. The number of rotatable bonds is 7. The number of amides is 2.